The van der Waals surface area contributed by atoms with Crippen LogP contribution in [0.15, 0.2) is 48.0 Å². The Balaban J connectivity index is 0.00000300. The Morgan fingerprint density at radius 2 is 2.00 bits per heavy atom. The molecule has 1 aromatic heterocycles. The molecule has 1 aromatic carbocycles. The largest absolute Gasteiger partial charge is 0.357 e. The maximum atomic E-state index is 4.80. The summed E-state index contributed by atoms with van der Waals surface area (Å²) in [6.45, 7) is 10.6. The molecule has 0 aliphatic carbocycles. The predicted octanol–water partition coefficient (Wildman–Crippen LogP) is 3.67. The van der Waals surface area contributed by atoms with Gasteiger partial charge in [-0.25, -0.2) is 9.98 Å². The van der Waals surface area contributed by atoms with Crippen molar-refractivity contribution >= 4 is 29.9 Å². The molecular weight excluding hydrogens is 475 g/mol. The summed E-state index contributed by atoms with van der Waals surface area (Å²) in [7, 11) is 0. The molecule has 160 valence electrons. The van der Waals surface area contributed by atoms with Crippen LogP contribution in [0.1, 0.15) is 38.7 Å². The molecule has 6 nitrogen and oxygen atoms in total. The number of hydrogen-bond donors (Lipinski definition) is 2. The van der Waals surface area contributed by atoms with Crippen LogP contribution in [0.5, 0.6) is 0 Å². The van der Waals surface area contributed by atoms with Crippen molar-refractivity contribution in [2.24, 2.45) is 10.9 Å². The molecule has 0 amide bonds. The number of aliphatic imine (C=N–C) groups is 1. The molecule has 1 fully saturated rings. The third kappa shape index (κ3) is 7.62. The highest BCUT2D eigenvalue weighted by Crippen LogP contribution is 2.16. The van der Waals surface area contributed by atoms with Gasteiger partial charge in [-0.1, -0.05) is 25.1 Å². The van der Waals surface area contributed by atoms with E-state index >= 15 is 0 Å². The molecule has 2 N–H and O–H groups in total. The van der Waals surface area contributed by atoms with Crippen molar-refractivity contribution in [2.45, 2.75) is 39.7 Å². The number of guanidine groups is 1. The fraction of sp³-hybridized carbons (Fsp3) is 0.545. The van der Waals surface area contributed by atoms with E-state index in [2.05, 4.69) is 52.6 Å². The smallest absolute Gasteiger partial charge is 0.191 e. The van der Waals surface area contributed by atoms with E-state index in [1.807, 2.05) is 23.2 Å². The summed E-state index contributed by atoms with van der Waals surface area (Å²) in [6, 6.07) is 8.34. The number of para-hydroxylation sites is 1. The lowest BCUT2D eigenvalue weighted by Gasteiger charge is -2.30. The Labute approximate surface area is 192 Å². The van der Waals surface area contributed by atoms with E-state index in [1.54, 1.807) is 6.20 Å². The molecule has 0 radical (unpaired) electrons. The number of nitrogens with one attached hydrogen (secondary N) is 2. The Hall–Kier alpha value is -1.61. The minimum Gasteiger partial charge on any atom is -0.357 e. The number of imidazole rings is 1. The second-order valence-electron chi connectivity index (χ2n) is 7.60. The topological polar surface area (TPSA) is 57.5 Å². The number of aromatic nitrogens is 2. The first-order valence-electron chi connectivity index (χ1n) is 10.6. The van der Waals surface area contributed by atoms with Crippen LogP contribution in [0.2, 0.25) is 0 Å². The van der Waals surface area contributed by atoms with E-state index in [4.69, 9.17) is 4.99 Å². The van der Waals surface area contributed by atoms with Crippen molar-refractivity contribution in [2.75, 3.05) is 32.7 Å². The van der Waals surface area contributed by atoms with Gasteiger partial charge in [0.15, 0.2) is 5.96 Å². The maximum absolute atomic E-state index is 4.80. The number of likely N-dealkylation sites (tertiary alicyclic amines) is 1. The molecule has 1 saturated heterocycles. The SMILES string of the molecule is CCNC(=NCc1ccccc1-n1ccnc1)NCCCN1CCC(C)CC1.I. The van der Waals surface area contributed by atoms with Crippen LogP contribution < -0.4 is 10.6 Å². The lowest BCUT2D eigenvalue weighted by Crippen LogP contribution is -2.39. The molecule has 3 rings (SSSR count). The predicted molar refractivity (Wildman–Crippen MR) is 131 cm³/mol. The number of piperidine rings is 1. The fourth-order valence-corrected chi connectivity index (χ4v) is 3.60. The van der Waals surface area contributed by atoms with Crippen LogP contribution in [0.25, 0.3) is 5.69 Å². The van der Waals surface area contributed by atoms with Gasteiger partial charge >= 0.3 is 0 Å². The number of benzene rings is 1. The van der Waals surface area contributed by atoms with Crippen LogP contribution >= 0.6 is 24.0 Å². The third-order valence-corrected chi connectivity index (χ3v) is 5.35. The van der Waals surface area contributed by atoms with Crippen LogP contribution in [0.4, 0.5) is 0 Å². The van der Waals surface area contributed by atoms with Gasteiger partial charge in [0.1, 0.15) is 0 Å². The van der Waals surface area contributed by atoms with Crippen molar-refractivity contribution in [3.8, 4) is 5.69 Å². The van der Waals surface area contributed by atoms with Gasteiger partial charge < -0.3 is 20.1 Å². The summed E-state index contributed by atoms with van der Waals surface area (Å²) in [5.41, 5.74) is 2.30. The van der Waals surface area contributed by atoms with Crippen molar-refractivity contribution in [3.63, 3.8) is 0 Å². The first kappa shape index (κ1) is 23.7. The summed E-state index contributed by atoms with van der Waals surface area (Å²) < 4.78 is 2.03. The van der Waals surface area contributed by atoms with Crippen LogP contribution in [0.3, 0.4) is 0 Å². The van der Waals surface area contributed by atoms with Crippen molar-refractivity contribution in [3.05, 3.63) is 48.5 Å². The molecule has 0 spiro atoms. The van der Waals surface area contributed by atoms with E-state index in [9.17, 15) is 0 Å². The second-order valence-corrected chi connectivity index (χ2v) is 7.60. The summed E-state index contributed by atoms with van der Waals surface area (Å²) in [6.07, 6.45) is 9.42. The zero-order chi connectivity index (χ0) is 19.6. The highest BCUT2D eigenvalue weighted by atomic mass is 127. The Bertz CT molecular complexity index is 723. The number of hydrogen-bond acceptors (Lipinski definition) is 3. The normalized spacial score (nSPS) is 15.7. The van der Waals surface area contributed by atoms with Crippen molar-refractivity contribution < 1.29 is 0 Å². The summed E-state index contributed by atoms with van der Waals surface area (Å²) in [5.74, 6) is 1.78. The molecule has 7 heteroatoms. The van der Waals surface area contributed by atoms with E-state index in [0.29, 0.717) is 6.54 Å². The lowest BCUT2D eigenvalue weighted by molar-refractivity contribution is 0.191. The Kier molecular flexibility index (Phi) is 10.5. The van der Waals surface area contributed by atoms with Crippen LogP contribution in [-0.2, 0) is 6.54 Å². The molecule has 0 unspecified atom stereocenters. The zero-order valence-electron chi connectivity index (χ0n) is 17.7. The van der Waals surface area contributed by atoms with E-state index in [1.165, 1.54) is 38.0 Å². The van der Waals surface area contributed by atoms with Gasteiger partial charge in [-0.15, -0.1) is 24.0 Å². The molecule has 2 heterocycles. The Morgan fingerprint density at radius 3 is 2.72 bits per heavy atom. The first-order chi connectivity index (χ1) is 13.8. The van der Waals surface area contributed by atoms with Gasteiger partial charge in [0.05, 0.1) is 18.6 Å². The fourth-order valence-electron chi connectivity index (χ4n) is 3.60. The van der Waals surface area contributed by atoms with Crippen LogP contribution in [-0.4, -0.2) is 53.1 Å². The maximum Gasteiger partial charge on any atom is 0.191 e. The van der Waals surface area contributed by atoms with Gasteiger partial charge in [0.2, 0.25) is 0 Å². The molecule has 0 bridgehead atoms. The average molecular weight is 510 g/mol. The van der Waals surface area contributed by atoms with Gasteiger partial charge in [-0.05, 0) is 63.4 Å². The Morgan fingerprint density at radius 1 is 1.21 bits per heavy atom. The monoisotopic (exact) mass is 510 g/mol. The molecular formula is C22H35IN6. The number of nitrogens with zero attached hydrogens (tertiary/aromatic N) is 4. The van der Waals surface area contributed by atoms with Crippen LogP contribution in [0, 0.1) is 5.92 Å². The van der Waals surface area contributed by atoms with E-state index in [-0.39, 0.29) is 24.0 Å². The van der Waals surface area contributed by atoms with Crippen molar-refractivity contribution in [1.29, 1.82) is 0 Å². The standard InChI is InChI=1S/C22H34N6.HI/c1-3-24-22(25-11-6-13-27-14-9-19(2)10-15-27)26-17-20-7-4-5-8-21(20)28-16-12-23-18-28;/h4-5,7-8,12,16,18-19H,3,6,9-11,13-15,17H2,1-2H3,(H2,24,25,26);1H. The third-order valence-electron chi connectivity index (χ3n) is 5.35. The second kappa shape index (κ2) is 12.8. The minimum absolute atomic E-state index is 0. The van der Waals surface area contributed by atoms with Gasteiger partial charge in [0, 0.05) is 25.5 Å². The molecule has 1 aliphatic heterocycles. The quantitative estimate of drug-likeness (QED) is 0.246. The van der Waals surface area contributed by atoms with Gasteiger partial charge in [-0.3, -0.25) is 0 Å². The highest BCUT2D eigenvalue weighted by Gasteiger charge is 2.14. The minimum atomic E-state index is 0. The average Bonchev–Trinajstić information content (AvgIpc) is 3.25. The van der Waals surface area contributed by atoms with Gasteiger partial charge in [0.25, 0.3) is 0 Å². The van der Waals surface area contributed by atoms with Gasteiger partial charge in [-0.2, -0.15) is 0 Å². The molecule has 2 aromatic rings. The highest BCUT2D eigenvalue weighted by molar-refractivity contribution is 14.0. The first-order valence-corrected chi connectivity index (χ1v) is 10.6. The molecule has 0 atom stereocenters. The molecule has 29 heavy (non-hydrogen) atoms. The zero-order valence-corrected chi connectivity index (χ0v) is 20.0. The number of halogens is 1. The molecule has 1 aliphatic rings. The lowest BCUT2D eigenvalue weighted by atomic mass is 9.99. The summed E-state index contributed by atoms with van der Waals surface area (Å²) in [4.78, 5) is 11.5. The van der Waals surface area contributed by atoms with E-state index in [0.717, 1.165) is 37.1 Å². The summed E-state index contributed by atoms with van der Waals surface area (Å²) >= 11 is 0. The van der Waals surface area contributed by atoms with Crippen molar-refractivity contribution in [1.82, 2.24) is 25.1 Å². The summed E-state index contributed by atoms with van der Waals surface area (Å²) in [5, 5.41) is 6.84. The molecule has 0 saturated carbocycles. The van der Waals surface area contributed by atoms with E-state index < -0.39 is 0 Å². The number of rotatable bonds is 8.